The molecule has 0 saturated carbocycles. The Morgan fingerprint density at radius 1 is 1.26 bits per heavy atom. The predicted octanol–water partition coefficient (Wildman–Crippen LogP) is 2.35. The maximum atomic E-state index is 12.9. The van der Waals surface area contributed by atoms with Crippen molar-refractivity contribution in [1.29, 1.82) is 0 Å². The summed E-state index contributed by atoms with van der Waals surface area (Å²) in [5.74, 6) is 0.496. The van der Waals surface area contributed by atoms with Crippen molar-refractivity contribution in [2.24, 2.45) is 13.0 Å². The minimum absolute atomic E-state index is 0.0844. The van der Waals surface area contributed by atoms with Crippen molar-refractivity contribution in [2.75, 3.05) is 13.1 Å². The van der Waals surface area contributed by atoms with Crippen molar-refractivity contribution >= 4 is 22.8 Å². The molecular weight excluding hydrogens is 342 g/mol. The molecule has 3 heterocycles. The van der Waals surface area contributed by atoms with Gasteiger partial charge >= 0.3 is 0 Å². The third-order valence-corrected chi connectivity index (χ3v) is 5.11. The van der Waals surface area contributed by atoms with Gasteiger partial charge < -0.3 is 10.2 Å². The number of hydrogen-bond acceptors (Lipinski definition) is 4. The number of nitrogens with zero attached hydrogens (tertiary/aromatic N) is 4. The lowest BCUT2D eigenvalue weighted by atomic mass is 10.0. The zero-order valence-corrected chi connectivity index (χ0v) is 16.9. The van der Waals surface area contributed by atoms with Crippen LogP contribution in [0.15, 0.2) is 6.07 Å². The van der Waals surface area contributed by atoms with E-state index in [-0.39, 0.29) is 17.9 Å². The summed E-state index contributed by atoms with van der Waals surface area (Å²) < 4.78 is 1.72. The second kappa shape index (κ2) is 7.66. The number of aromatic nitrogens is 3. The molecule has 2 aromatic rings. The fourth-order valence-electron chi connectivity index (χ4n) is 3.76. The minimum Gasteiger partial charge on any atom is -0.349 e. The van der Waals surface area contributed by atoms with E-state index < -0.39 is 0 Å². The molecule has 0 aromatic carbocycles. The maximum absolute atomic E-state index is 12.9. The number of carbonyl (C=O) groups excluding carboxylic acids is 2. The van der Waals surface area contributed by atoms with E-state index in [1.165, 1.54) is 0 Å². The van der Waals surface area contributed by atoms with Crippen LogP contribution in [0.2, 0.25) is 0 Å². The van der Waals surface area contributed by atoms with Gasteiger partial charge in [0.15, 0.2) is 5.65 Å². The Kier molecular flexibility index (Phi) is 5.48. The van der Waals surface area contributed by atoms with Crippen LogP contribution in [-0.4, -0.2) is 50.6 Å². The molecule has 0 bridgehead atoms. The van der Waals surface area contributed by atoms with Crippen LogP contribution in [0, 0.1) is 19.8 Å². The lowest BCUT2D eigenvalue weighted by Crippen LogP contribution is -2.46. The van der Waals surface area contributed by atoms with Crippen LogP contribution in [0.3, 0.4) is 0 Å². The van der Waals surface area contributed by atoms with Gasteiger partial charge in [-0.2, -0.15) is 5.10 Å². The van der Waals surface area contributed by atoms with E-state index in [1.54, 1.807) is 4.68 Å². The highest BCUT2D eigenvalue weighted by Crippen LogP contribution is 2.22. The van der Waals surface area contributed by atoms with Crippen molar-refractivity contribution in [2.45, 2.75) is 53.0 Å². The third-order valence-electron chi connectivity index (χ3n) is 5.11. The van der Waals surface area contributed by atoms with Gasteiger partial charge in [0, 0.05) is 38.3 Å². The molecule has 0 aliphatic carbocycles. The largest absolute Gasteiger partial charge is 0.349 e. The van der Waals surface area contributed by atoms with Crippen LogP contribution in [0.1, 0.15) is 54.9 Å². The molecule has 0 spiro atoms. The highest BCUT2D eigenvalue weighted by atomic mass is 16.2. The van der Waals surface area contributed by atoms with Gasteiger partial charge in [0.25, 0.3) is 5.91 Å². The van der Waals surface area contributed by atoms with Gasteiger partial charge in [-0.15, -0.1) is 0 Å². The predicted molar refractivity (Wildman–Crippen MR) is 105 cm³/mol. The molecule has 2 amide bonds. The van der Waals surface area contributed by atoms with E-state index >= 15 is 0 Å². The molecule has 7 heteroatoms. The fourth-order valence-corrected chi connectivity index (χ4v) is 3.76. The number of likely N-dealkylation sites (tertiary alicyclic amines) is 1. The SMILES string of the molecule is Cc1cc(C(=O)NC2CCN(C(=O)CC(C)C)CC2)c2c(C)nn(C)c2n1. The average Bonchev–Trinajstić information content (AvgIpc) is 2.88. The lowest BCUT2D eigenvalue weighted by molar-refractivity contribution is -0.133. The minimum atomic E-state index is -0.0893. The van der Waals surface area contributed by atoms with Crippen molar-refractivity contribution in [3.63, 3.8) is 0 Å². The molecule has 3 rings (SSSR count). The van der Waals surface area contributed by atoms with Gasteiger partial charge in [0.05, 0.1) is 16.6 Å². The molecule has 1 fully saturated rings. The van der Waals surface area contributed by atoms with Crippen LogP contribution in [0.25, 0.3) is 11.0 Å². The zero-order valence-electron chi connectivity index (χ0n) is 16.9. The highest BCUT2D eigenvalue weighted by Gasteiger charge is 2.25. The number of pyridine rings is 1. The standard InChI is InChI=1S/C20H29N5O2/c1-12(2)10-17(26)25-8-6-15(7-9-25)22-20(27)16-11-13(3)21-19-18(16)14(4)23-24(19)5/h11-12,15H,6-10H2,1-5H3,(H,22,27). The zero-order chi connectivity index (χ0) is 19.7. The number of hydrogen-bond donors (Lipinski definition) is 1. The summed E-state index contributed by atoms with van der Waals surface area (Å²) in [5, 5.41) is 8.36. The molecule has 27 heavy (non-hydrogen) atoms. The molecule has 1 N–H and O–H groups in total. The number of carbonyl (C=O) groups is 2. The van der Waals surface area contributed by atoms with Crippen LogP contribution in [-0.2, 0) is 11.8 Å². The monoisotopic (exact) mass is 371 g/mol. The summed E-state index contributed by atoms with van der Waals surface area (Å²) in [6.07, 6.45) is 2.16. The van der Waals surface area contributed by atoms with Gasteiger partial charge in [-0.25, -0.2) is 4.98 Å². The van der Waals surface area contributed by atoms with E-state index in [2.05, 4.69) is 29.2 Å². The summed E-state index contributed by atoms with van der Waals surface area (Å²) in [5.41, 5.74) is 2.96. The van der Waals surface area contributed by atoms with Crippen molar-refractivity contribution in [1.82, 2.24) is 25.0 Å². The first-order valence-electron chi connectivity index (χ1n) is 9.65. The molecule has 0 unspecified atom stereocenters. The van der Waals surface area contributed by atoms with Gasteiger partial charge in [-0.1, -0.05) is 13.8 Å². The summed E-state index contributed by atoms with van der Waals surface area (Å²) in [6.45, 7) is 9.30. The Morgan fingerprint density at radius 2 is 1.93 bits per heavy atom. The molecule has 7 nitrogen and oxygen atoms in total. The van der Waals surface area contributed by atoms with E-state index in [9.17, 15) is 9.59 Å². The second-order valence-corrected chi connectivity index (χ2v) is 7.95. The molecule has 0 radical (unpaired) electrons. The molecular formula is C20H29N5O2. The first-order chi connectivity index (χ1) is 12.8. The van der Waals surface area contributed by atoms with Crippen molar-refractivity contribution < 1.29 is 9.59 Å². The van der Waals surface area contributed by atoms with E-state index in [0.717, 1.165) is 35.3 Å². The summed E-state index contributed by atoms with van der Waals surface area (Å²) in [6, 6.07) is 1.91. The average molecular weight is 371 g/mol. The number of nitrogens with one attached hydrogen (secondary N) is 1. The summed E-state index contributed by atoms with van der Waals surface area (Å²) >= 11 is 0. The smallest absolute Gasteiger partial charge is 0.252 e. The van der Waals surface area contributed by atoms with Crippen LogP contribution >= 0.6 is 0 Å². The maximum Gasteiger partial charge on any atom is 0.252 e. The van der Waals surface area contributed by atoms with E-state index in [4.69, 9.17) is 0 Å². The quantitative estimate of drug-likeness (QED) is 0.895. The van der Waals surface area contributed by atoms with Crippen LogP contribution in [0.4, 0.5) is 0 Å². The van der Waals surface area contributed by atoms with Gasteiger partial charge in [0.2, 0.25) is 5.91 Å². The molecule has 146 valence electrons. The van der Waals surface area contributed by atoms with Crippen LogP contribution < -0.4 is 5.32 Å². The Balaban J connectivity index is 1.69. The number of piperidine rings is 1. The van der Waals surface area contributed by atoms with Gasteiger partial charge in [-0.3, -0.25) is 14.3 Å². The lowest BCUT2D eigenvalue weighted by Gasteiger charge is -2.33. The first-order valence-corrected chi connectivity index (χ1v) is 9.65. The molecule has 0 atom stereocenters. The second-order valence-electron chi connectivity index (χ2n) is 7.95. The highest BCUT2D eigenvalue weighted by molar-refractivity contribution is 6.06. The molecule has 2 aromatic heterocycles. The molecule has 1 saturated heterocycles. The molecule has 1 aliphatic rings. The first kappa shape index (κ1) is 19.3. The number of rotatable bonds is 4. The Hall–Kier alpha value is -2.44. The fraction of sp³-hybridized carbons (Fsp3) is 0.600. The molecule has 1 aliphatic heterocycles. The number of aryl methyl sites for hydroxylation is 3. The van der Waals surface area contributed by atoms with Gasteiger partial charge in [0.1, 0.15) is 0 Å². The Morgan fingerprint density at radius 3 is 2.56 bits per heavy atom. The third kappa shape index (κ3) is 4.12. The Bertz CT molecular complexity index is 863. The topological polar surface area (TPSA) is 80.1 Å². The normalized spacial score (nSPS) is 15.6. The number of amides is 2. The van der Waals surface area contributed by atoms with Crippen molar-refractivity contribution in [3.05, 3.63) is 23.0 Å². The van der Waals surface area contributed by atoms with Crippen molar-refractivity contribution in [3.8, 4) is 0 Å². The summed E-state index contributed by atoms with van der Waals surface area (Å²) in [7, 11) is 1.84. The Labute approximate surface area is 160 Å². The van der Waals surface area contributed by atoms with E-state index in [1.807, 2.05) is 31.9 Å². The van der Waals surface area contributed by atoms with Gasteiger partial charge in [-0.05, 0) is 38.7 Å². The number of fused-ring (bicyclic) bond motifs is 1. The van der Waals surface area contributed by atoms with E-state index in [0.29, 0.717) is 31.0 Å². The summed E-state index contributed by atoms with van der Waals surface area (Å²) in [4.78, 5) is 31.6. The van der Waals surface area contributed by atoms with Crippen LogP contribution in [0.5, 0.6) is 0 Å².